The number of hydrogen-bond donors (Lipinski definition) is 3. The maximum absolute atomic E-state index is 12.5. The molecule has 1 atom stereocenters. The molecule has 2 aromatic rings. The molecule has 4 N–H and O–H groups in total. The van der Waals surface area contributed by atoms with Crippen LogP contribution >= 0.6 is 0 Å². The molecule has 1 aromatic carbocycles. The van der Waals surface area contributed by atoms with Crippen molar-refractivity contribution in [3.63, 3.8) is 0 Å². The quantitative estimate of drug-likeness (QED) is 0.668. The van der Waals surface area contributed by atoms with Crippen LogP contribution in [-0.4, -0.2) is 16.3 Å². The van der Waals surface area contributed by atoms with Gasteiger partial charge >= 0.3 is 5.69 Å². The van der Waals surface area contributed by atoms with Crippen LogP contribution in [0.2, 0.25) is 0 Å². The number of H-pyrrole nitrogens is 1. The SMILES string of the molecule is Cn1c2c(c(=O)[nH]c1=O)C(c1ccc3c(c1)OCO3)C(C#N)=C(N)N2. The van der Waals surface area contributed by atoms with Gasteiger partial charge in [-0.3, -0.25) is 14.3 Å². The Morgan fingerprint density at radius 3 is 2.84 bits per heavy atom. The second-order valence-electron chi connectivity index (χ2n) is 5.69. The highest BCUT2D eigenvalue weighted by Crippen LogP contribution is 2.41. The third-order valence-corrected chi connectivity index (χ3v) is 4.33. The van der Waals surface area contributed by atoms with Crippen LogP contribution in [0.3, 0.4) is 0 Å². The summed E-state index contributed by atoms with van der Waals surface area (Å²) in [7, 11) is 1.51. The van der Waals surface area contributed by atoms with E-state index >= 15 is 0 Å². The predicted molar refractivity (Wildman–Crippen MR) is 87.2 cm³/mol. The summed E-state index contributed by atoms with van der Waals surface area (Å²) in [5.41, 5.74) is 5.89. The van der Waals surface area contributed by atoms with Gasteiger partial charge in [0.1, 0.15) is 11.6 Å². The van der Waals surface area contributed by atoms with Crippen molar-refractivity contribution in [3.05, 3.63) is 61.6 Å². The first-order valence-corrected chi connectivity index (χ1v) is 7.40. The summed E-state index contributed by atoms with van der Waals surface area (Å²) in [5, 5.41) is 12.3. The van der Waals surface area contributed by atoms with Gasteiger partial charge in [0.25, 0.3) is 5.56 Å². The first kappa shape index (κ1) is 14.9. The van der Waals surface area contributed by atoms with Crippen LogP contribution in [0, 0.1) is 11.3 Å². The zero-order valence-corrected chi connectivity index (χ0v) is 13.1. The summed E-state index contributed by atoms with van der Waals surface area (Å²) in [6, 6.07) is 7.21. The summed E-state index contributed by atoms with van der Waals surface area (Å²) in [6.45, 7) is 0.111. The largest absolute Gasteiger partial charge is 0.454 e. The number of allylic oxidation sites excluding steroid dienone is 1. The predicted octanol–water partition coefficient (Wildman–Crippen LogP) is 0.0536. The fraction of sp³-hybridized carbons (Fsp3) is 0.188. The van der Waals surface area contributed by atoms with Crippen LogP contribution in [0.15, 0.2) is 39.2 Å². The molecule has 4 rings (SSSR count). The number of aromatic nitrogens is 2. The molecule has 0 amide bonds. The highest BCUT2D eigenvalue weighted by atomic mass is 16.7. The van der Waals surface area contributed by atoms with E-state index in [1.165, 1.54) is 11.6 Å². The molecule has 0 fully saturated rings. The molecule has 1 unspecified atom stereocenters. The second kappa shape index (κ2) is 5.17. The molecule has 0 bridgehead atoms. The van der Waals surface area contributed by atoms with Gasteiger partial charge in [0, 0.05) is 7.05 Å². The van der Waals surface area contributed by atoms with Gasteiger partial charge in [0.2, 0.25) is 6.79 Å². The van der Waals surface area contributed by atoms with E-state index in [0.717, 1.165) is 0 Å². The van der Waals surface area contributed by atoms with Crippen molar-refractivity contribution >= 4 is 5.82 Å². The van der Waals surface area contributed by atoms with E-state index in [4.69, 9.17) is 15.2 Å². The lowest BCUT2D eigenvalue weighted by Crippen LogP contribution is -2.38. The summed E-state index contributed by atoms with van der Waals surface area (Å²) in [6.07, 6.45) is 0. The number of ether oxygens (including phenoxy) is 2. The Bertz CT molecular complexity index is 1090. The standard InChI is InChI=1S/C16H13N5O4/c1-21-14-12(15(22)20-16(21)23)11(8(5-17)13(18)19-14)7-2-3-9-10(4-7)25-6-24-9/h2-4,11,19H,6,18H2,1H3,(H,20,22,23). The van der Waals surface area contributed by atoms with Crippen molar-refractivity contribution in [2.24, 2.45) is 12.8 Å². The fourth-order valence-corrected chi connectivity index (χ4v) is 3.10. The van der Waals surface area contributed by atoms with Crippen LogP contribution in [0.1, 0.15) is 17.0 Å². The van der Waals surface area contributed by atoms with Crippen LogP contribution < -0.4 is 31.8 Å². The zero-order chi connectivity index (χ0) is 17.7. The van der Waals surface area contributed by atoms with Gasteiger partial charge in [-0.2, -0.15) is 5.26 Å². The molecule has 0 aliphatic carbocycles. The smallest absolute Gasteiger partial charge is 0.329 e. The highest BCUT2D eigenvalue weighted by Gasteiger charge is 2.34. The normalized spacial score (nSPS) is 17.7. The highest BCUT2D eigenvalue weighted by molar-refractivity contribution is 5.65. The number of nitriles is 1. The van der Waals surface area contributed by atoms with Crippen molar-refractivity contribution < 1.29 is 9.47 Å². The molecule has 9 nitrogen and oxygen atoms in total. The number of fused-ring (bicyclic) bond motifs is 2. The van der Waals surface area contributed by atoms with Crippen molar-refractivity contribution in [2.75, 3.05) is 12.1 Å². The Labute approximate surface area is 140 Å². The maximum atomic E-state index is 12.5. The average molecular weight is 339 g/mol. The molecule has 0 spiro atoms. The molecule has 3 heterocycles. The molecule has 126 valence electrons. The minimum Gasteiger partial charge on any atom is -0.454 e. The third-order valence-electron chi connectivity index (χ3n) is 4.33. The summed E-state index contributed by atoms with van der Waals surface area (Å²) < 4.78 is 11.9. The van der Waals surface area contributed by atoms with Gasteiger partial charge in [-0.1, -0.05) is 6.07 Å². The zero-order valence-electron chi connectivity index (χ0n) is 13.1. The molecule has 25 heavy (non-hydrogen) atoms. The number of rotatable bonds is 1. The lowest BCUT2D eigenvalue weighted by atomic mass is 9.84. The first-order valence-electron chi connectivity index (χ1n) is 7.40. The molecular weight excluding hydrogens is 326 g/mol. The number of nitrogens with zero attached hydrogens (tertiary/aromatic N) is 2. The van der Waals surface area contributed by atoms with Gasteiger partial charge in [-0.05, 0) is 17.7 Å². The molecule has 0 saturated heterocycles. The number of hydrogen-bond acceptors (Lipinski definition) is 7. The summed E-state index contributed by atoms with van der Waals surface area (Å²) in [5.74, 6) is 0.731. The number of nitrogens with one attached hydrogen (secondary N) is 2. The van der Waals surface area contributed by atoms with E-state index in [-0.39, 0.29) is 29.6 Å². The molecule has 2 aliphatic rings. The number of aromatic amines is 1. The van der Waals surface area contributed by atoms with Crippen molar-refractivity contribution in [2.45, 2.75) is 5.92 Å². The molecule has 1 aromatic heterocycles. The van der Waals surface area contributed by atoms with Gasteiger partial charge in [-0.25, -0.2) is 4.79 Å². The van der Waals surface area contributed by atoms with E-state index in [2.05, 4.69) is 16.4 Å². The van der Waals surface area contributed by atoms with Gasteiger partial charge in [0.05, 0.1) is 23.1 Å². The van der Waals surface area contributed by atoms with E-state index in [9.17, 15) is 14.9 Å². The Morgan fingerprint density at radius 1 is 1.32 bits per heavy atom. The minimum absolute atomic E-state index is 0.0956. The molecule has 2 aliphatic heterocycles. The van der Waals surface area contributed by atoms with Crippen LogP contribution in [0.4, 0.5) is 5.82 Å². The molecule has 9 heteroatoms. The fourth-order valence-electron chi connectivity index (χ4n) is 3.10. The van der Waals surface area contributed by atoms with Gasteiger partial charge < -0.3 is 20.5 Å². The van der Waals surface area contributed by atoms with Crippen molar-refractivity contribution in [1.29, 1.82) is 5.26 Å². The van der Waals surface area contributed by atoms with Crippen LogP contribution in [0.25, 0.3) is 0 Å². The second-order valence-corrected chi connectivity index (χ2v) is 5.69. The Hall–Kier alpha value is -3.67. The summed E-state index contributed by atoms with van der Waals surface area (Å²) >= 11 is 0. The number of anilines is 1. The first-order chi connectivity index (χ1) is 12.0. The minimum atomic E-state index is -0.730. The third kappa shape index (κ3) is 2.08. The van der Waals surface area contributed by atoms with Crippen LogP contribution in [-0.2, 0) is 7.05 Å². The van der Waals surface area contributed by atoms with E-state index < -0.39 is 17.2 Å². The van der Waals surface area contributed by atoms with E-state index in [1.54, 1.807) is 18.2 Å². The lowest BCUT2D eigenvalue weighted by Gasteiger charge is -2.27. The van der Waals surface area contributed by atoms with Crippen molar-refractivity contribution in [3.8, 4) is 17.6 Å². The van der Waals surface area contributed by atoms with E-state index in [1.807, 2.05) is 0 Å². The number of nitrogens with two attached hydrogens (primary N) is 1. The summed E-state index contributed by atoms with van der Waals surface area (Å²) in [4.78, 5) is 26.6. The monoisotopic (exact) mass is 339 g/mol. The Balaban J connectivity index is 2.01. The van der Waals surface area contributed by atoms with Crippen molar-refractivity contribution in [1.82, 2.24) is 9.55 Å². The van der Waals surface area contributed by atoms with Crippen LogP contribution in [0.5, 0.6) is 11.5 Å². The Kier molecular flexibility index (Phi) is 3.08. The molecule has 0 saturated carbocycles. The topological polar surface area (TPSA) is 135 Å². The number of benzene rings is 1. The molecule has 0 radical (unpaired) electrons. The van der Waals surface area contributed by atoms with Gasteiger partial charge in [0.15, 0.2) is 11.5 Å². The maximum Gasteiger partial charge on any atom is 0.329 e. The average Bonchev–Trinajstić information content (AvgIpc) is 3.06. The Morgan fingerprint density at radius 2 is 2.08 bits per heavy atom. The lowest BCUT2D eigenvalue weighted by molar-refractivity contribution is 0.174. The van der Waals surface area contributed by atoms with E-state index in [0.29, 0.717) is 17.1 Å². The van der Waals surface area contributed by atoms with Gasteiger partial charge in [-0.15, -0.1) is 0 Å². The molecular formula is C16H13N5O4.